The lowest BCUT2D eigenvalue weighted by Crippen LogP contribution is -2.44. The van der Waals surface area contributed by atoms with E-state index in [-0.39, 0.29) is 0 Å². The number of hydrogen-bond acceptors (Lipinski definition) is 5. The SMILES string of the molecule is CCOC(OCC)c1ccccc1OP(N(C(C)C)C(C)C)N(C(C)C)C(C)C. The minimum atomic E-state index is -1.03. The average molecular weight is 427 g/mol. The van der Waals surface area contributed by atoms with Crippen molar-refractivity contribution in [2.45, 2.75) is 99.7 Å². The van der Waals surface area contributed by atoms with Crippen molar-refractivity contribution < 1.29 is 14.0 Å². The van der Waals surface area contributed by atoms with Gasteiger partial charge in [0.15, 0.2) is 6.29 Å². The highest BCUT2D eigenvalue weighted by molar-refractivity contribution is 7.47. The molecule has 0 heterocycles. The number of ether oxygens (including phenoxy) is 2. The molecule has 0 aromatic heterocycles. The van der Waals surface area contributed by atoms with Gasteiger partial charge in [0.05, 0.1) is 5.56 Å². The number of nitrogens with zero attached hydrogens (tertiary/aromatic N) is 2. The summed E-state index contributed by atoms with van der Waals surface area (Å²) in [7, 11) is -1.03. The van der Waals surface area contributed by atoms with Crippen LogP contribution in [0.2, 0.25) is 0 Å². The fourth-order valence-electron chi connectivity index (χ4n) is 3.57. The third-order valence-corrected chi connectivity index (χ3v) is 7.50. The summed E-state index contributed by atoms with van der Waals surface area (Å²) in [5.74, 6) is 0.836. The van der Waals surface area contributed by atoms with E-state index in [2.05, 4.69) is 64.7 Å². The van der Waals surface area contributed by atoms with E-state index in [1.54, 1.807) is 0 Å². The molecule has 1 aromatic carbocycles. The molecule has 29 heavy (non-hydrogen) atoms. The van der Waals surface area contributed by atoms with Crippen LogP contribution in [0.25, 0.3) is 0 Å². The first-order valence-electron chi connectivity index (χ1n) is 11.0. The van der Waals surface area contributed by atoms with Gasteiger partial charge in [0.1, 0.15) is 5.75 Å². The third kappa shape index (κ3) is 7.48. The van der Waals surface area contributed by atoms with Crippen LogP contribution in [0.1, 0.15) is 81.1 Å². The highest BCUT2D eigenvalue weighted by atomic mass is 31.2. The van der Waals surface area contributed by atoms with Crippen LogP contribution in [0.3, 0.4) is 0 Å². The summed E-state index contributed by atoms with van der Waals surface area (Å²) in [5, 5.41) is 0. The van der Waals surface area contributed by atoms with E-state index >= 15 is 0 Å². The lowest BCUT2D eigenvalue weighted by molar-refractivity contribution is -0.140. The van der Waals surface area contributed by atoms with Crippen LogP contribution in [-0.4, -0.2) is 46.7 Å². The molecule has 0 spiro atoms. The third-order valence-electron chi connectivity index (χ3n) is 4.50. The van der Waals surface area contributed by atoms with Gasteiger partial charge in [-0.05, 0) is 75.3 Å². The molecule has 0 aliphatic heterocycles. The minimum Gasteiger partial charge on any atom is -0.444 e. The summed E-state index contributed by atoms with van der Waals surface area (Å²) < 4.78 is 23.6. The van der Waals surface area contributed by atoms with Crippen molar-refractivity contribution >= 4 is 8.45 Å². The fraction of sp³-hybridized carbons (Fsp3) is 0.739. The second-order valence-electron chi connectivity index (χ2n) is 8.26. The minimum absolute atomic E-state index is 0.364. The normalized spacial score (nSPS) is 12.8. The van der Waals surface area contributed by atoms with E-state index < -0.39 is 14.7 Å². The molecule has 5 nitrogen and oxygen atoms in total. The Kier molecular flexibility index (Phi) is 11.7. The zero-order chi connectivity index (χ0) is 22.1. The second kappa shape index (κ2) is 12.9. The van der Waals surface area contributed by atoms with Crippen LogP contribution in [0, 0.1) is 0 Å². The van der Waals surface area contributed by atoms with Crippen molar-refractivity contribution in [2.75, 3.05) is 13.2 Å². The van der Waals surface area contributed by atoms with Gasteiger partial charge < -0.3 is 14.0 Å². The molecule has 0 N–H and O–H groups in total. The molecule has 6 heteroatoms. The van der Waals surface area contributed by atoms with Crippen molar-refractivity contribution in [1.29, 1.82) is 0 Å². The summed E-state index contributed by atoms with van der Waals surface area (Å²) in [6.07, 6.45) is -0.420. The van der Waals surface area contributed by atoms with E-state index in [1.165, 1.54) is 0 Å². The van der Waals surface area contributed by atoms with Gasteiger partial charge in [-0.3, -0.25) is 0 Å². The Hall–Kier alpha value is -0.710. The molecular formula is C23H43N2O3P. The number of benzene rings is 1. The summed E-state index contributed by atoms with van der Waals surface area (Å²) in [4.78, 5) is 0. The number of hydrogen-bond donors (Lipinski definition) is 0. The van der Waals surface area contributed by atoms with Crippen molar-refractivity contribution in [3.63, 3.8) is 0 Å². The highest BCUT2D eigenvalue weighted by Crippen LogP contribution is 2.51. The smallest absolute Gasteiger partial charge is 0.249 e. The van der Waals surface area contributed by atoms with Gasteiger partial charge >= 0.3 is 0 Å². The van der Waals surface area contributed by atoms with E-state index in [4.69, 9.17) is 14.0 Å². The summed E-state index contributed by atoms with van der Waals surface area (Å²) in [5.41, 5.74) is 0.948. The van der Waals surface area contributed by atoms with Gasteiger partial charge in [-0.2, -0.15) is 0 Å². The topological polar surface area (TPSA) is 34.2 Å². The Morgan fingerprint density at radius 2 is 1.14 bits per heavy atom. The first-order chi connectivity index (χ1) is 13.6. The molecule has 0 unspecified atom stereocenters. The molecule has 0 radical (unpaired) electrons. The first kappa shape index (κ1) is 26.3. The zero-order valence-corrected chi connectivity index (χ0v) is 21.1. The van der Waals surface area contributed by atoms with Gasteiger partial charge in [0.25, 0.3) is 0 Å². The maximum atomic E-state index is 6.85. The molecule has 0 bridgehead atoms. The fourth-order valence-corrected chi connectivity index (χ4v) is 5.92. The Balaban J connectivity index is 3.43. The second-order valence-corrected chi connectivity index (χ2v) is 9.87. The highest BCUT2D eigenvalue weighted by Gasteiger charge is 2.36. The van der Waals surface area contributed by atoms with Gasteiger partial charge in [0, 0.05) is 37.4 Å². The van der Waals surface area contributed by atoms with E-state index in [1.807, 2.05) is 38.1 Å². The molecule has 1 rings (SSSR count). The van der Waals surface area contributed by atoms with Gasteiger partial charge in [-0.25, -0.2) is 9.34 Å². The molecule has 0 saturated carbocycles. The number of para-hydroxylation sites is 1. The molecule has 0 fully saturated rings. The Labute approximate surface area is 180 Å². The summed E-state index contributed by atoms with van der Waals surface area (Å²) in [6.45, 7) is 23.1. The Morgan fingerprint density at radius 1 is 0.724 bits per heavy atom. The van der Waals surface area contributed by atoms with Crippen LogP contribution in [-0.2, 0) is 9.47 Å². The van der Waals surface area contributed by atoms with Crippen LogP contribution >= 0.6 is 8.45 Å². The quantitative estimate of drug-likeness (QED) is 0.262. The van der Waals surface area contributed by atoms with Gasteiger partial charge in [-0.1, -0.05) is 18.2 Å². The predicted octanol–water partition coefficient (Wildman–Crippen LogP) is 6.60. The maximum Gasteiger partial charge on any atom is 0.249 e. The molecule has 1 aromatic rings. The average Bonchev–Trinajstić information content (AvgIpc) is 2.60. The monoisotopic (exact) mass is 426 g/mol. The van der Waals surface area contributed by atoms with Crippen LogP contribution < -0.4 is 4.52 Å². The van der Waals surface area contributed by atoms with Crippen LogP contribution in [0.5, 0.6) is 5.75 Å². The standard InChI is InChI=1S/C23H43N2O3P/c1-11-26-23(27-12-2)21-15-13-14-16-22(21)28-29(24(17(3)4)18(5)6)25(19(7)8)20(9)10/h13-20,23H,11-12H2,1-10H3. The summed E-state index contributed by atoms with van der Waals surface area (Å²) >= 11 is 0. The first-order valence-corrected chi connectivity index (χ1v) is 12.2. The lowest BCUT2D eigenvalue weighted by Gasteiger charge is -2.45. The van der Waals surface area contributed by atoms with Gasteiger partial charge in [-0.15, -0.1) is 0 Å². The van der Waals surface area contributed by atoms with E-state index in [0.29, 0.717) is 37.4 Å². The Bertz CT molecular complexity index is 539. The maximum absolute atomic E-state index is 6.85. The van der Waals surface area contributed by atoms with Crippen LogP contribution in [0.4, 0.5) is 0 Å². The van der Waals surface area contributed by atoms with Crippen molar-refractivity contribution in [2.24, 2.45) is 0 Å². The Morgan fingerprint density at radius 3 is 1.52 bits per heavy atom. The van der Waals surface area contributed by atoms with Crippen molar-refractivity contribution in [3.05, 3.63) is 29.8 Å². The molecule has 0 aliphatic carbocycles. The molecule has 0 amide bonds. The lowest BCUT2D eigenvalue weighted by atomic mass is 10.2. The molecule has 0 aliphatic rings. The predicted molar refractivity (Wildman–Crippen MR) is 124 cm³/mol. The summed E-state index contributed by atoms with van der Waals surface area (Å²) in [6, 6.07) is 9.57. The molecule has 0 saturated heterocycles. The zero-order valence-electron chi connectivity index (χ0n) is 20.2. The van der Waals surface area contributed by atoms with Crippen molar-refractivity contribution in [3.8, 4) is 5.75 Å². The molecular weight excluding hydrogens is 383 g/mol. The van der Waals surface area contributed by atoms with Crippen LogP contribution in [0.15, 0.2) is 24.3 Å². The van der Waals surface area contributed by atoms with E-state index in [9.17, 15) is 0 Å². The van der Waals surface area contributed by atoms with E-state index in [0.717, 1.165) is 11.3 Å². The molecule has 168 valence electrons. The van der Waals surface area contributed by atoms with Crippen molar-refractivity contribution in [1.82, 2.24) is 9.34 Å². The molecule has 0 atom stereocenters. The largest absolute Gasteiger partial charge is 0.444 e. The van der Waals surface area contributed by atoms with Gasteiger partial charge in [0.2, 0.25) is 8.45 Å². The number of rotatable bonds is 13.